The fourth-order valence-corrected chi connectivity index (χ4v) is 6.10. The van der Waals surface area contributed by atoms with Gasteiger partial charge >= 0.3 is 5.97 Å². The van der Waals surface area contributed by atoms with E-state index in [0.29, 0.717) is 12.0 Å². The number of amides is 3. The molecule has 1 aliphatic rings. The molecule has 4 rings (SSSR count). The van der Waals surface area contributed by atoms with Gasteiger partial charge < -0.3 is 30.8 Å². The first-order valence-corrected chi connectivity index (χ1v) is 17.0. The fourth-order valence-electron chi connectivity index (χ4n) is 6.10. The Bertz CT molecular complexity index is 1500. The van der Waals surface area contributed by atoms with E-state index in [4.69, 9.17) is 4.74 Å². The normalized spacial score (nSPS) is 22.6. The largest absolute Gasteiger partial charge is 0.508 e. The number of hydrogen-bond donors (Lipinski definition) is 5. The van der Waals surface area contributed by atoms with Crippen LogP contribution in [0.4, 0.5) is 0 Å². The van der Waals surface area contributed by atoms with Gasteiger partial charge in [-0.2, -0.15) is 0 Å². The number of nitrogens with one attached hydrogen (secondary N) is 4. The quantitative estimate of drug-likeness (QED) is 0.137. The van der Waals surface area contributed by atoms with Crippen LogP contribution in [0.5, 0.6) is 5.75 Å². The molecule has 3 aromatic rings. The van der Waals surface area contributed by atoms with Gasteiger partial charge in [0.15, 0.2) is 0 Å². The van der Waals surface area contributed by atoms with E-state index in [2.05, 4.69) is 27.9 Å². The van der Waals surface area contributed by atoms with E-state index < -0.39 is 47.9 Å². The van der Waals surface area contributed by atoms with Crippen molar-refractivity contribution in [3.05, 3.63) is 65.9 Å². The van der Waals surface area contributed by atoms with Gasteiger partial charge in [-0.1, -0.05) is 90.1 Å². The molecule has 0 aliphatic carbocycles. The number of carbonyl (C=O) groups excluding carboxylic acids is 4. The number of hydrogen-bond acceptors (Lipinski definition) is 6. The highest BCUT2D eigenvalue weighted by molar-refractivity contribution is 5.95. The zero-order chi connectivity index (χ0) is 33.9. The third-order valence-electron chi connectivity index (χ3n) is 9.33. The predicted octanol–water partition coefficient (Wildman–Crippen LogP) is 5.08. The van der Waals surface area contributed by atoms with Crippen LogP contribution in [0.3, 0.4) is 0 Å². The van der Waals surface area contributed by atoms with Gasteiger partial charge in [-0.25, -0.2) is 4.79 Å². The number of carbonyl (C=O) groups is 4. The second-order valence-electron chi connectivity index (χ2n) is 13.0. The number of rotatable bonds is 12. The van der Waals surface area contributed by atoms with Gasteiger partial charge in [-0.15, -0.1) is 0 Å². The molecule has 1 fully saturated rings. The van der Waals surface area contributed by atoms with Crippen LogP contribution in [0.25, 0.3) is 10.9 Å². The van der Waals surface area contributed by atoms with E-state index in [1.54, 1.807) is 12.1 Å². The maximum atomic E-state index is 14.0. The number of aromatic amines is 1. The molecule has 0 saturated carbocycles. The van der Waals surface area contributed by atoms with Crippen LogP contribution in [0, 0.1) is 11.8 Å². The number of fused-ring (bicyclic) bond motifs is 1. The maximum absolute atomic E-state index is 14.0. The zero-order valence-electron chi connectivity index (χ0n) is 28.0. The summed E-state index contributed by atoms with van der Waals surface area (Å²) in [4.78, 5) is 58.6. The van der Waals surface area contributed by atoms with Crippen LogP contribution in [-0.4, -0.2) is 58.0 Å². The second kappa shape index (κ2) is 17.0. The standard InChI is InChI=1S/C37H50N4O6/c1-5-7-8-9-12-24(4)32-21-33(43)39-31(20-26-22-38-29-14-11-10-13-28(26)29)35(44)40-30(19-25-15-17-27(42)18-16-25)36(45)41-34(23(3)6-2)37(46)47-32/h10-11,13-18,22-24,30-32,34,38,42H,5-9,12,19-21H2,1-4H3,(H,39,43)(H,40,44)(H,41,45)/t23-,24-,30-,31-,32-,34+/m0/s1. The highest BCUT2D eigenvalue weighted by Gasteiger charge is 2.36. The molecule has 1 aromatic heterocycles. The monoisotopic (exact) mass is 646 g/mol. The van der Waals surface area contributed by atoms with Gasteiger partial charge in [0.05, 0.1) is 6.42 Å². The van der Waals surface area contributed by atoms with Crippen LogP contribution < -0.4 is 16.0 Å². The lowest BCUT2D eigenvalue weighted by atomic mass is 9.93. The van der Waals surface area contributed by atoms with Crippen LogP contribution >= 0.6 is 0 Å². The van der Waals surface area contributed by atoms with Crippen molar-refractivity contribution in [2.75, 3.05) is 0 Å². The van der Waals surface area contributed by atoms with Crippen molar-refractivity contribution in [3.8, 4) is 5.75 Å². The van der Waals surface area contributed by atoms with Gasteiger partial charge in [0, 0.05) is 29.9 Å². The van der Waals surface area contributed by atoms with Gasteiger partial charge in [0.25, 0.3) is 0 Å². The highest BCUT2D eigenvalue weighted by atomic mass is 16.5. The third kappa shape index (κ3) is 9.83. The fraction of sp³-hybridized carbons (Fsp3) is 0.514. The van der Waals surface area contributed by atoms with Crippen LogP contribution in [0.15, 0.2) is 54.7 Å². The Kier molecular flexibility index (Phi) is 12.8. The molecule has 1 aliphatic heterocycles. The number of benzene rings is 2. The van der Waals surface area contributed by atoms with Crippen molar-refractivity contribution in [1.29, 1.82) is 0 Å². The summed E-state index contributed by atoms with van der Waals surface area (Å²) in [5, 5.41) is 19.4. The Hall–Kier alpha value is -4.34. The van der Waals surface area contributed by atoms with Crippen LogP contribution in [-0.2, 0) is 36.8 Å². The second-order valence-corrected chi connectivity index (χ2v) is 13.0. The number of ether oxygens (including phenoxy) is 1. The summed E-state index contributed by atoms with van der Waals surface area (Å²) in [6.45, 7) is 7.92. The summed E-state index contributed by atoms with van der Waals surface area (Å²) >= 11 is 0. The summed E-state index contributed by atoms with van der Waals surface area (Å²) in [6, 6.07) is 11.1. The average molecular weight is 647 g/mol. The van der Waals surface area contributed by atoms with Gasteiger partial charge in [-0.3, -0.25) is 14.4 Å². The lowest BCUT2D eigenvalue weighted by Crippen LogP contribution is -2.57. The van der Waals surface area contributed by atoms with Crippen molar-refractivity contribution >= 4 is 34.6 Å². The van der Waals surface area contributed by atoms with E-state index in [0.717, 1.165) is 48.6 Å². The summed E-state index contributed by atoms with van der Waals surface area (Å²) in [5.41, 5.74) is 2.45. The number of para-hydroxylation sites is 1. The van der Waals surface area contributed by atoms with Crippen LogP contribution in [0.1, 0.15) is 83.8 Å². The van der Waals surface area contributed by atoms with E-state index in [9.17, 15) is 24.3 Å². The minimum Gasteiger partial charge on any atom is -0.508 e. The number of esters is 1. The van der Waals surface area contributed by atoms with E-state index in [-0.39, 0.29) is 36.8 Å². The molecule has 0 radical (unpaired) electrons. The minimum absolute atomic E-state index is 0.0763. The molecular weight excluding hydrogens is 596 g/mol. The van der Waals surface area contributed by atoms with Gasteiger partial charge in [-0.05, 0) is 47.6 Å². The predicted molar refractivity (Wildman–Crippen MR) is 181 cm³/mol. The molecule has 47 heavy (non-hydrogen) atoms. The Morgan fingerprint density at radius 2 is 1.53 bits per heavy atom. The first-order chi connectivity index (χ1) is 22.6. The summed E-state index contributed by atoms with van der Waals surface area (Å²) in [7, 11) is 0. The number of unbranched alkanes of at least 4 members (excludes halogenated alkanes) is 3. The molecule has 0 unspecified atom stereocenters. The molecule has 0 spiro atoms. The maximum Gasteiger partial charge on any atom is 0.329 e. The Labute approximate surface area is 277 Å². The van der Waals surface area contributed by atoms with Crippen molar-refractivity contribution in [2.45, 2.75) is 110 Å². The lowest BCUT2D eigenvalue weighted by Gasteiger charge is -2.29. The molecule has 254 valence electrons. The number of aromatic hydroxyl groups is 1. The first-order valence-electron chi connectivity index (χ1n) is 17.0. The molecule has 3 amide bonds. The molecule has 6 atom stereocenters. The third-order valence-corrected chi connectivity index (χ3v) is 9.33. The smallest absolute Gasteiger partial charge is 0.329 e. The summed E-state index contributed by atoms with van der Waals surface area (Å²) in [6.07, 6.45) is 6.86. The van der Waals surface area contributed by atoms with E-state index >= 15 is 0 Å². The molecule has 1 saturated heterocycles. The average Bonchev–Trinajstić information content (AvgIpc) is 3.47. The number of phenolic OH excluding ortho intramolecular Hbond substituents is 1. The first kappa shape index (κ1) is 35.5. The number of aromatic nitrogens is 1. The summed E-state index contributed by atoms with van der Waals surface area (Å²) in [5.74, 6) is -2.33. The van der Waals surface area contributed by atoms with Gasteiger partial charge in [0.2, 0.25) is 17.7 Å². The number of cyclic esters (lactones) is 1. The van der Waals surface area contributed by atoms with Crippen molar-refractivity contribution in [1.82, 2.24) is 20.9 Å². The Morgan fingerprint density at radius 3 is 2.26 bits per heavy atom. The van der Waals surface area contributed by atoms with Crippen molar-refractivity contribution in [2.24, 2.45) is 11.8 Å². The summed E-state index contributed by atoms with van der Waals surface area (Å²) < 4.78 is 6.08. The lowest BCUT2D eigenvalue weighted by molar-refractivity contribution is -0.158. The molecule has 2 aromatic carbocycles. The minimum atomic E-state index is -1.07. The SMILES string of the molecule is CCCCCC[C@H](C)[C@@H]1CC(=O)N[C@@H](Cc2c[nH]c3ccccc23)C(=O)N[C@@H](Cc2ccc(O)cc2)C(=O)N[C@H]([C@@H](C)CC)C(=O)O1. The molecular formula is C37H50N4O6. The molecule has 0 bridgehead atoms. The molecule has 10 heteroatoms. The topological polar surface area (TPSA) is 150 Å². The Morgan fingerprint density at radius 1 is 0.830 bits per heavy atom. The van der Waals surface area contributed by atoms with E-state index in [1.165, 1.54) is 12.1 Å². The number of phenols is 1. The van der Waals surface area contributed by atoms with Crippen LogP contribution in [0.2, 0.25) is 0 Å². The number of H-pyrrole nitrogens is 1. The Balaban J connectivity index is 1.69. The molecule has 5 N–H and O–H groups in total. The zero-order valence-corrected chi connectivity index (χ0v) is 28.0. The van der Waals surface area contributed by atoms with E-state index in [1.807, 2.05) is 51.2 Å². The highest BCUT2D eigenvalue weighted by Crippen LogP contribution is 2.23. The van der Waals surface area contributed by atoms with Crippen molar-refractivity contribution in [3.63, 3.8) is 0 Å². The molecule has 2 heterocycles. The van der Waals surface area contributed by atoms with Gasteiger partial charge in [0.1, 0.15) is 30.0 Å². The molecule has 10 nitrogen and oxygen atoms in total. The van der Waals surface area contributed by atoms with Crippen molar-refractivity contribution < 1.29 is 29.0 Å².